The highest BCUT2D eigenvalue weighted by Gasteiger charge is 2.32. The molecule has 0 fully saturated rings. The number of rotatable bonds is 6. The van der Waals surface area contributed by atoms with Crippen LogP contribution in [0.25, 0.3) is 0 Å². The third-order valence-corrected chi connectivity index (χ3v) is 5.60. The number of amides is 1. The molecule has 1 rings (SSSR count). The molecule has 6 nitrogen and oxygen atoms in total. The highest BCUT2D eigenvalue weighted by atomic mass is 32.2. The summed E-state index contributed by atoms with van der Waals surface area (Å²) >= 11 is 1.43. The number of nitrogens with one attached hydrogen (secondary N) is 1. The van der Waals surface area contributed by atoms with Crippen LogP contribution < -0.4 is 4.72 Å². The molecule has 1 aromatic heterocycles. The lowest BCUT2D eigenvalue weighted by molar-refractivity contribution is -0.144. The number of hydrogen-bond acceptors (Lipinski definition) is 6. The van der Waals surface area contributed by atoms with Crippen LogP contribution in [0.4, 0.5) is 0 Å². The van der Waals surface area contributed by atoms with E-state index >= 15 is 0 Å². The molecule has 2 unspecified atom stereocenters. The zero-order chi connectivity index (χ0) is 15.3. The third kappa shape index (κ3) is 4.31. The molecule has 1 aromatic rings. The van der Waals surface area contributed by atoms with Gasteiger partial charge in [-0.25, -0.2) is 8.42 Å². The quantitative estimate of drug-likeness (QED) is 0.788. The summed E-state index contributed by atoms with van der Waals surface area (Å²) in [5, 5.41) is 2.52. The van der Waals surface area contributed by atoms with Crippen molar-refractivity contribution in [2.75, 3.05) is 7.11 Å². The molecule has 20 heavy (non-hydrogen) atoms. The summed E-state index contributed by atoms with van der Waals surface area (Å²) in [6.45, 7) is 2.81. The number of carbonyl (C=O) groups is 2. The molecule has 0 aliphatic rings. The van der Waals surface area contributed by atoms with Crippen LogP contribution in [-0.4, -0.2) is 32.7 Å². The first-order valence-corrected chi connectivity index (χ1v) is 8.40. The zero-order valence-electron chi connectivity index (χ0n) is 11.5. The van der Waals surface area contributed by atoms with E-state index in [1.807, 2.05) is 4.72 Å². The number of esters is 1. The topological polar surface area (TPSA) is 89.5 Å². The van der Waals surface area contributed by atoms with Crippen LogP contribution >= 0.6 is 11.3 Å². The van der Waals surface area contributed by atoms with Gasteiger partial charge >= 0.3 is 5.97 Å². The van der Waals surface area contributed by atoms with E-state index in [9.17, 15) is 18.0 Å². The van der Waals surface area contributed by atoms with Crippen LogP contribution in [0.1, 0.15) is 19.4 Å². The summed E-state index contributed by atoms with van der Waals surface area (Å²) in [5.41, 5.74) is 0.747. The van der Waals surface area contributed by atoms with E-state index in [0.29, 0.717) is 0 Å². The summed E-state index contributed by atoms with van der Waals surface area (Å²) in [6, 6.07) is 1.75. The van der Waals surface area contributed by atoms with Crippen LogP contribution in [0, 0.1) is 5.92 Å². The fourth-order valence-corrected chi connectivity index (χ4v) is 3.41. The second-order valence-corrected chi connectivity index (χ2v) is 7.21. The predicted molar refractivity (Wildman–Crippen MR) is 75.7 cm³/mol. The fraction of sp³-hybridized carbons (Fsp3) is 0.500. The van der Waals surface area contributed by atoms with Crippen LogP contribution in [0.2, 0.25) is 0 Å². The van der Waals surface area contributed by atoms with Crippen molar-refractivity contribution in [3.8, 4) is 0 Å². The summed E-state index contributed by atoms with van der Waals surface area (Å²) in [4.78, 5) is 23.0. The van der Waals surface area contributed by atoms with Crippen molar-refractivity contribution >= 4 is 33.2 Å². The Kier molecular flexibility index (Phi) is 5.70. The Morgan fingerprint density at radius 1 is 1.40 bits per heavy atom. The largest absolute Gasteiger partial charge is 0.469 e. The van der Waals surface area contributed by atoms with Gasteiger partial charge in [0.15, 0.2) is 0 Å². The van der Waals surface area contributed by atoms with Crippen molar-refractivity contribution in [2.24, 2.45) is 5.92 Å². The zero-order valence-corrected chi connectivity index (χ0v) is 13.1. The number of hydrogen-bond donors (Lipinski definition) is 1. The Hall–Kier alpha value is -1.41. The van der Waals surface area contributed by atoms with Gasteiger partial charge in [-0.15, -0.1) is 0 Å². The number of methoxy groups -OCH3 is 1. The van der Waals surface area contributed by atoms with E-state index in [1.54, 1.807) is 16.8 Å². The normalized spacial score (nSPS) is 14.3. The molecule has 8 heteroatoms. The second-order valence-electron chi connectivity index (χ2n) is 4.40. The first kappa shape index (κ1) is 16.6. The molecule has 0 aliphatic carbocycles. The van der Waals surface area contributed by atoms with Crippen molar-refractivity contribution < 1.29 is 22.7 Å². The molecule has 112 valence electrons. The Morgan fingerprint density at radius 3 is 2.55 bits per heavy atom. The molecule has 0 aliphatic heterocycles. The minimum Gasteiger partial charge on any atom is -0.469 e. The molecule has 0 saturated carbocycles. The third-order valence-electron chi connectivity index (χ3n) is 2.97. The van der Waals surface area contributed by atoms with Gasteiger partial charge in [0, 0.05) is 0 Å². The van der Waals surface area contributed by atoms with Crippen molar-refractivity contribution in [2.45, 2.75) is 25.5 Å². The molecule has 1 amide bonds. The average molecular weight is 319 g/mol. The molecule has 0 spiro atoms. The molecule has 2 atom stereocenters. The lowest BCUT2D eigenvalue weighted by Gasteiger charge is -2.18. The minimum absolute atomic E-state index is 0.0119. The maximum absolute atomic E-state index is 12.0. The summed E-state index contributed by atoms with van der Waals surface area (Å²) in [6.07, 6.45) is -0.0119. The van der Waals surface area contributed by atoms with Gasteiger partial charge in [-0.3, -0.25) is 14.3 Å². The molecule has 0 bridgehead atoms. The fourth-order valence-electron chi connectivity index (χ4n) is 1.51. The van der Waals surface area contributed by atoms with Gasteiger partial charge < -0.3 is 4.74 Å². The Bertz CT molecular complexity index is 565. The minimum atomic E-state index is -3.91. The maximum atomic E-state index is 12.0. The first-order chi connectivity index (χ1) is 9.27. The van der Waals surface area contributed by atoms with Gasteiger partial charge in [0.1, 0.15) is 0 Å². The van der Waals surface area contributed by atoms with Crippen LogP contribution in [-0.2, 0) is 30.8 Å². The summed E-state index contributed by atoms with van der Waals surface area (Å²) in [5.74, 6) is -2.10. The lowest BCUT2D eigenvalue weighted by atomic mass is 10.1. The Labute approximate surface area is 122 Å². The van der Waals surface area contributed by atoms with Gasteiger partial charge in [0.05, 0.1) is 24.7 Å². The molecule has 0 radical (unpaired) electrons. The molecule has 0 aromatic carbocycles. The van der Waals surface area contributed by atoms with Gasteiger partial charge in [-0.05, 0) is 29.3 Å². The number of ether oxygens (including phenoxy) is 1. The molecule has 1 N–H and O–H groups in total. The van der Waals surface area contributed by atoms with Gasteiger partial charge in [-0.2, -0.15) is 11.3 Å². The average Bonchev–Trinajstić information content (AvgIpc) is 2.87. The highest BCUT2D eigenvalue weighted by Crippen LogP contribution is 2.13. The number of carbonyl (C=O) groups excluding carboxylic acids is 2. The van der Waals surface area contributed by atoms with Crippen molar-refractivity contribution in [3.63, 3.8) is 0 Å². The smallest absolute Gasteiger partial charge is 0.309 e. The summed E-state index contributed by atoms with van der Waals surface area (Å²) < 4.78 is 30.5. The van der Waals surface area contributed by atoms with Crippen LogP contribution in [0.3, 0.4) is 0 Å². The number of sulfonamides is 1. The molecular weight excluding hydrogens is 302 g/mol. The van der Waals surface area contributed by atoms with E-state index in [1.165, 1.54) is 32.3 Å². The standard InChI is InChI=1S/C12H17NO5S2/c1-8(12(15)18-3)9(2)20(16,17)13-11(14)6-10-4-5-19-7-10/h4-5,7-9H,6H2,1-3H3,(H,13,14). The number of thiophene rings is 1. The monoisotopic (exact) mass is 319 g/mol. The maximum Gasteiger partial charge on any atom is 0.309 e. The Morgan fingerprint density at radius 2 is 2.05 bits per heavy atom. The summed E-state index contributed by atoms with van der Waals surface area (Å²) in [7, 11) is -2.73. The SMILES string of the molecule is COC(=O)C(C)C(C)S(=O)(=O)NC(=O)Cc1ccsc1. The van der Waals surface area contributed by atoms with E-state index in [0.717, 1.165) is 5.56 Å². The van der Waals surface area contributed by atoms with Crippen LogP contribution in [0.5, 0.6) is 0 Å². The first-order valence-electron chi connectivity index (χ1n) is 5.91. The Balaban J connectivity index is 2.69. The predicted octanol–water partition coefficient (Wildman–Crippen LogP) is 0.934. The van der Waals surface area contributed by atoms with E-state index in [2.05, 4.69) is 4.74 Å². The molecular formula is C12H17NO5S2. The molecule has 0 saturated heterocycles. The van der Waals surface area contributed by atoms with Crippen molar-refractivity contribution in [3.05, 3.63) is 22.4 Å². The van der Waals surface area contributed by atoms with Gasteiger partial charge in [0.2, 0.25) is 15.9 Å². The van der Waals surface area contributed by atoms with E-state index < -0.39 is 33.1 Å². The molecule has 1 heterocycles. The van der Waals surface area contributed by atoms with Gasteiger partial charge in [-0.1, -0.05) is 6.92 Å². The highest BCUT2D eigenvalue weighted by molar-refractivity contribution is 7.90. The second kappa shape index (κ2) is 6.85. The van der Waals surface area contributed by atoms with Gasteiger partial charge in [0.25, 0.3) is 0 Å². The lowest BCUT2D eigenvalue weighted by Crippen LogP contribution is -2.42. The van der Waals surface area contributed by atoms with Crippen molar-refractivity contribution in [1.82, 2.24) is 4.72 Å². The van der Waals surface area contributed by atoms with Crippen LogP contribution in [0.15, 0.2) is 16.8 Å². The van der Waals surface area contributed by atoms with E-state index in [-0.39, 0.29) is 6.42 Å². The van der Waals surface area contributed by atoms with Crippen molar-refractivity contribution in [1.29, 1.82) is 0 Å². The van der Waals surface area contributed by atoms with E-state index in [4.69, 9.17) is 0 Å².